The lowest BCUT2D eigenvalue weighted by Crippen LogP contribution is -2.24. The summed E-state index contributed by atoms with van der Waals surface area (Å²) in [6.07, 6.45) is -4.33. The van der Waals surface area contributed by atoms with Crippen molar-refractivity contribution in [1.82, 2.24) is 9.55 Å². The highest BCUT2D eigenvalue weighted by atomic mass is 32.2. The fourth-order valence-corrected chi connectivity index (χ4v) is 4.97. The standard InChI is InChI=1S/C24H20F3N3O4S2/c25-24(26,27)34-18-9-5-17(6-10-18)15-35-23-29-21-4-2-1-3-20(21)22(31)30(23)14-13-16-7-11-19(12-8-16)36(28,32)33/h1-12H,13-15H2,(H2,28,32,33). The van der Waals surface area contributed by atoms with Crippen molar-refractivity contribution in [3.8, 4) is 5.75 Å². The van der Waals surface area contributed by atoms with Crippen LogP contribution in [0.5, 0.6) is 5.75 Å². The van der Waals surface area contributed by atoms with E-state index in [1.54, 1.807) is 41.0 Å². The smallest absolute Gasteiger partial charge is 0.406 e. The summed E-state index contributed by atoms with van der Waals surface area (Å²) in [5, 5.41) is 6.05. The Labute approximate surface area is 208 Å². The Bertz CT molecular complexity index is 1540. The van der Waals surface area contributed by atoms with Gasteiger partial charge in [-0.05, 0) is 53.9 Å². The fourth-order valence-electron chi connectivity index (χ4n) is 3.48. The van der Waals surface area contributed by atoms with Crippen molar-refractivity contribution in [2.45, 2.75) is 35.1 Å². The van der Waals surface area contributed by atoms with Crippen molar-refractivity contribution in [2.24, 2.45) is 5.14 Å². The van der Waals surface area contributed by atoms with Gasteiger partial charge in [0.2, 0.25) is 10.0 Å². The van der Waals surface area contributed by atoms with Crippen LogP contribution >= 0.6 is 11.8 Å². The molecule has 36 heavy (non-hydrogen) atoms. The van der Waals surface area contributed by atoms with Gasteiger partial charge in [0.15, 0.2) is 5.16 Å². The van der Waals surface area contributed by atoms with E-state index in [9.17, 15) is 26.4 Å². The second kappa shape index (κ2) is 10.3. The summed E-state index contributed by atoms with van der Waals surface area (Å²) in [5.41, 5.74) is 1.84. The van der Waals surface area contributed by atoms with Crippen molar-refractivity contribution in [3.63, 3.8) is 0 Å². The summed E-state index contributed by atoms with van der Waals surface area (Å²) < 4.78 is 65.5. The zero-order valence-electron chi connectivity index (χ0n) is 18.6. The molecule has 4 aromatic rings. The molecule has 1 aromatic heterocycles. The number of aryl methyl sites for hydroxylation is 1. The number of nitrogens with two attached hydrogens (primary N) is 1. The van der Waals surface area contributed by atoms with Crippen LogP contribution in [-0.4, -0.2) is 24.3 Å². The number of ether oxygens (including phenoxy) is 1. The van der Waals surface area contributed by atoms with Crippen LogP contribution in [0.3, 0.4) is 0 Å². The highest BCUT2D eigenvalue weighted by molar-refractivity contribution is 7.98. The van der Waals surface area contributed by atoms with E-state index >= 15 is 0 Å². The van der Waals surface area contributed by atoms with E-state index in [0.29, 0.717) is 28.2 Å². The van der Waals surface area contributed by atoms with Crippen LogP contribution in [0.15, 0.2) is 87.6 Å². The summed E-state index contributed by atoms with van der Waals surface area (Å²) in [7, 11) is -3.80. The molecule has 4 rings (SSSR count). The predicted molar refractivity (Wildman–Crippen MR) is 130 cm³/mol. The molecule has 0 aliphatic heterocycles. The first kappa shape index (κ1) is 25.7. The number of hydrogen-bond donors (Lipinski definition) is 1. The van der Waals surface area contributed by atoms with Gasteiger partial charge in [-0.3, -0.25) is 9.36 Å². The molecule has 0 atom stereocenters. The Morgan fingerprint density at radius 3 is 2.22 bits per heavy atom. The minimum absolute atomic E-state index is 0.00122. The molecule has 0 radical (unpaired) electrons. The van der Waals surface area contributed by atoms with Crippen molar-refractivity contribution >= 4 is 32.7 Å². The number of nitrogens with zero attached hydrogens (tertiary/aromatic N) is 2. The number of fused-ring (bicyclic) bond motifs is 1. The number of halogens is 3. The summed E-state index contributed by atoms with van der Waals surface area (Å²) in [5.74, 6) is 0.0468. The van der Waals surface area contributed by atoms with Crippen LogP contribution in [0.25, 0.3) is 10.9 Å². The summed E-state index contributed by atoms with van der Waals surface area (Å²) in [4.78, 5) is 17.9. The normalized spacial score (nSPS) is 12.1. The minimum atomic E-state index is -4.76. The lowest BCUT2D eigenvalue weighted by Gasteiger charge is -2.14. The number of primary sulfonamides is 1. The van der Waals surface area contributed by atoms with E-state index in [0.717, 1.165) is 11.1 Å². The van der Waals surface area contributed by atoms with Crippen LogP contribution in [0, 0.1) is 0 Å². The Kier molecular flexibility index (Phi) is 7.38. The number of sulfonamides is 1. The van der Waals surface area contributed by atoms with Gasteiger partial charge in [-0.15, -0.1) is 13.2 Å². The third-order valence-corrected chi connectivity index (χ3v) is 7.20. The molecule has 0 saturated carbocycles. The molecule has 0 aliphatic rings. The van der Waals surface area contributed by atoms with Gasteiger partial charge in [-0.2, -0.15) is 0 Å². The first-order valence-corrected chi connectivity index (χ1v) is 13.1. The largest absolute Gasteiger partial charge is 0.573 e. The summed E-state index contributed by atoms with van der Waals surface area (Å²) in [6, 6.07) is 18.5. The van der Waals surface area contributed by atoms with Gasteiger partial charge in [0.1, 0.15) is 5.75 Å². The van der Waals surface area contributed by atoms with E-state index in [1.807, 2.05) is 0 Å². The molecule has 0 saturated heterocycles. The van der Waals surface area contributed by atoms with E-state index < -0.39 is 16.4 Å². The lowest BCUT2D eigenvalue weighted by atomic mass is 10.1. The molecule has 0 bridgehead atoms. The summed E-state index contributed by atoms with van der Waals surface area (Å²) >= 11 is 1.28. The molecule has 0 unspecified atom stereocenters. The quantitative estimate of drug-likeness (QED) is 0.264. The molecular weight excluding hydrogens is 515 g/mol. The van der Waals surface area contributed by atoms with Crippen LogP contribution in [0.1, 0.15) is 11.1 Å². The lowest BCUT2D eigenvalue weighted by molar-refractivity contribution is -0.274. The van der Waals surface area contributed by atoms with Crippen LogP contribution < -0.4 is 15.4 Å². The fraction of sp³-hybridized carbons (Fsp3) is 0.167. The molecule has 0 spiro atoms. The molecule has 1 heterocycles. The van der Waals surface area contributed by atoms with Crippen molar-refractivity contribution in [2.75, 3.05) is 0 Å². The first-order valence-electron chi connectivity index (χ1n) is 10.6. The van der Waals surface area contributed by atoms with E-state index in [4.69, 9.17) is 5.14 Å². The van der Waals surface area contributed by atoms with E-state index in [-0.39, 0.29) is 22.7 Å². The van der Waals surface area contributed by atoms with Gasteiger partial charge in [-0.1, -0.05) is 48.2 Å². The second-order valence-corrected chi connectivity index (χ2v) is 10.3. The Morgan fingerprint density at radius 1 is 0.944 bits per heavy atom. The molecule has 0 fully saturated rings. The number of hydrogen-bond acceptors (Lipinski definition) is 6. The third kappa shape index (κ3) is 6.45. The van der Waals surface area contributed by atoms with Crippen LogP contribution in [-0.2, 0) is 28.7 Å². The molecule has 3 aromatic carbocycles. The van der Waals surface area contributed by atoms with Gasteiger partial charge in [0.25, 0.3) is 5.56 Å². The maximum Gasteiger partial charge on any atom is 0.573 e. The Hall–Kier alpha value is -3.35. The topological polar surface area (TPSA) is 104 Å². The Balaban J connectivity index is 1.56. The Morgan fingerprint density at radius 2 is 1.58 bits per heavy atom. The average molecular weight is 536 g/mol. The molecule has 7 nitrogen and oxygen atoms in total. The average Bonchev–Trinajstić information content (AvgIpc) is 2.82. The molecule has 0 aliphatic carbocycles. The van der Waals surface area contributed by atoms with Crippen molar-refractivity contribution in [3.05, 3.63) is 94.3 Å². The van der Waals surface area contributed by atoms with Gasteiger partial charge in [0, 0.05) is 12.3 Å². The minimum Gasteiger partial charge on any atom is -0.406 e. The molecular formula is C24H20F3N3O4S2. The molecule has 0 amide bonds. The van der Waals surface area contributed by atoms with Gasteiger partial charge in [0.05, 0.1) is 15.8 Å². The highest BCUT2D eigenvalue weighted by Crippen LogP contribution is 2.26. The maximum absolute atomic E-state index is 13.2. The SMILES string of the molecule is NS(=O)(=O)c1ccc(CCn2c(SCc3ccc(OC(F)(F)F)cc3)nc3ccccc3c2=O)cc1. The first-order chi connectivity index (χ1) is 17.0. The van der Waals surface area contributed by atoms with Crippen molar-refractivity contribution in [1.29, 1.82) is 0 Å². The zero-order chi connectivity index (χ0) is 25.9. The molecule has 12 heteroatoms. The van der Waals surface area contributed by atoms with E-state index in [2.05, 4.69) is 9.72 Å². The number of benzene rings is 3. The monoisotopic (exact) mass is 535 g/mol. The van der Waals surface area contributed by atoms with E-state index in [1.165, 1.54) is 48.2 Å². The molecule has 2 N–H and O–H groups in total. The second-order valence-electron chi connectivity index (χ2n) is 7.79. The number of rotatable bonds is 8. The maximum atomic E-state index is 13.2. The van der Waals surface area contributed by atoms with Crippen LogP contribution in [0.4, 0.5) is 13.2 Å². The highest BCUT2D eigenvalue weighted by Gasteiger charge is 2.30. The van der Waals surface area contributed by atoms with Gasteiger partial charge in [-0.25, -0.2) is 18.5 Å². The van der Waals surface area contributed by atoms with Crippen LogP contribution in [0.2, 0.25) is 0 Å². The number of para-hydroxylation sites is 1. The number of alkyl halides is 3. The van der Waals surface area contributed by atoms with Crippen molar-refractivity contribution < 1.29 is 26.3 Å². The number of aromatic nitrogens is 2. The molecule has 188 valence electrons. The zero-order valence-corrected chi connectivity index (χ0v) is 20.2. The predicted octanol–water partition coefficient (Wildman–Crippen LogP) is 4.48. The number of thioether (sulfide) groups is 1. The van der Waals surface area contributed by atoms with Gasteiger partial charge >= 0.3 is 6.36 Å². The summed E-state index contributed by atoms with van der Waals surface area (Å²) in [6.45, 7) is 0.284. The third-order valence-electron chi connectivity index (χ3n) is 5.23. The van der Waals surface area contributed by atoms with Gasteiger partial charge < -0.3 is 4.74 Å².